The van der Waals surface area contributed by atoms with Crippen LogP contribution >= 0.6 is 0 Å². The fraction of sp³-hybridized carbons (Fsp3) is 0.588. The number of nitrogens with zero attached hydrogens (tertiary/aromatic N) is 1. The highest BCUT2D eigenvalue weighted by Gasteiger charge is 2.52. The number of nitrogens with one attached hydrogen (secondary N) is 1. The third-order valence-electron chi connectivity index (χ3n) is 5.81. The van der Waals surface area contributed by atoms with Crippen molar-refractivity contribution in [3.63, 3.8) is 0 Å². The maximum Gasteiger partial charge on any atom is 0.175 e. The Hall–Kier alpha value is -1.36. The minimum Gasteiger partial charge on any atom is -0.279 e. The van der Waals surface area contributed by atoms with E-state index in [1.54, 1.807) is 24.3 Å². The fourth-order valence-electron chi connectivity index (χ4n) is 4.86. The third kappa shape index (κ3) is 2.35. The molecule has 118 valence electrons. The van der Waals surface area contributed by atoms with Gasteiger partial charge in [-0.05, 0) is 67.7 Å². The lowest BCUT2D eigenvalue weighted by Gasteiger charge is -2.25. The molecule has 5 heteroatoms. The topological polar surface area (TPSA) is 58.5 Å². The number of sulfone groups is 1. The first-order chi connectivity index (χ1) is 10.5. The summed E-state index contributed by atoms with van der Waals surface area (Å²) in [6.07, 6.45) is 7.93. The van der Waals surface area contributed by atoms with E-state index < -0.39 is 9.84 Å². The van der Waals surface area contributed by atoms with Gasteiger partial charge in [-0.3, -0.25) is 5.43 Å². The summed E-state index contributed by atoms with van der Waals surface area (Å²) in [7, 11) is -3.13. The lowest BCUT2D eigenvalue weighted by molar-refractivity contribution is 0.333. The lowest BCUT2D eigenvalue weighted by atomic mass is 9.81. The van der Waals surface area contributed by atoms with Crippen LogP contribution in [0.15, 0.2) is 34.3 Å². The Bertz CT molecular complexity index is 709. The van der Waals surface area contributed by atoms with Gasteiger partial charge in [-0.25, -0.2) is 8.42 Å². The quantitative estimate of drug-likeness (QED) is 0.870. The van der Waals surface area contributed by atoms with Crippen molar-refractivity contribution in [2.75, 3.05) is 11.7 Å². The minimum atomic E-state index is -3.13. The number of fused-ring (bicyclic) bond motifs is 5. The van der Waals surface area contributed by atoms with Gasteiger partial charge in [-0.15, -0.1) is 0 Å². The third-order valence-corrected chi connectivity index (χ3v) is 6.94. The first-order valence-corrected chi connectivity index (χ1v) is 10.0. The summed E-state index contributed by atoms with van der Waals surface area (Å²) >= 11 is 0. The van der Waals surface area contributed by atoms with Crippen molar-refractivity contribution in [2.24, 2.45) is 28.8 Å². The fourth-order valence-corrected chi connectivity index (χ4v) is 5.49. The smallest absolute Gasteiger partial charge is 0.175 e. The van der Waals surface area contributed by atoms with Crippen LogP contribution in [0.3, 0.4) is 0 Å². The molecule has 0 saturated heterocycles. The predicted octanol–water partition coefficient (Wildman–Crippen LogP) is 3.31. The first kappa shape index (κ1) is 14.2. The molecule has 4 nitrogen and oxygen atoms in total. The molecule has 2 bridgehead atoms. The van der Waals surface area contributed by atoms with Crippen LogP contribution in [0.1, 0.15) is 32.1 Å². The number of hydrogen-bond acceptors (Lipinski definition) is 4. The number of rotatable bonds is 3. The van der Waals surface area contributed by atoms with E-state index in [0.29, 0.717) is 10.8 Å². The summed E-state index contributed by atoms with van der Waals surface area (Å²) in [5.74, 6) is 3.41. The second kappa shape index (κ2) is 5.08. The molecule has 1 N–H and O–H groups in total. The molecule has 1 aromatic rings. The summed E-state index contributed by atoms with van der Waals surface area (Å²) in [5, 5.41) is 4.65. The average Bonchev–Trinajstić information content (AvgIpc) is 3.17. The Morgan fingerprint density at radius 1 is 1.14 bits per heavy atom. The van der Waals surface area contributed by atoms with Crippen molar-refractivity contribution in [3.8, 4) is 0 Å². The molecule has 4 atom stereocenters. The van der Waals surface area contributed by atoms with Gasteiger partial charge in [0.2, 0.25) is 0 Å². The molecule has 4 rings (SSSR count). The largest absolute Gasteiger partial charge is 0.279 e. The molecule has 0 aromatic heterocycles. The summed E-state index contributed by atoms with van der Waals surface area (Å²) < 4.78 is 22.9. The van der Waals surface area contributed by atoms with Gasteiger partial charge in [-0.2, -0.15) is 5.10 Å². The van der Waals surface area contributed by atoms with Crippen LogP contribution < -0.4 is 5.43 Å². The van der Waals surface area contributed by atoms with Crippen molar-refractivity contribution in [1.29, 1.82) is 0 Å². The lowest BCUT2D eigenvalue weighted by Crippen LogP contribution is -2.25. The maximum atomic E-state index is 11.5. The van der Waals surface area contributed by atoms with E-state index in [1.165, 1.54) is 37.7 Å². The van der Waals surface area contributed by atoms with Crippen LogP contribution in [0.5, 0.6) is 0 Å². The zero-order valence-corrected chi connectivity index (χ0v) is 13.6. The van der Waals surface area contributed by atoms with E-state index in [-0.39, 0.29) is 0 Å². The van der Waals surface area contributed by atoms with Crippen LogP contribution in [0.2, 0.25) is 0 Å². The molecule has 0 heterocycles. The van der Waals surface area contributed by atoms with E-state index in [0.717, 1.165) is 29.9 Å². The van der Waals surface area contributed by atoms with E-state index in [1.807, 2.05) is 0 Å². The molecule has 3 aliphatic carbocycles. The number of hydrazone groups is 1. The number of benzene rings is 1. The van der Waals surface area contributed by atoms with Crippen LogP contribution in [0, 0.1) is 23.7 Å². The maximum absolute atomic E-state index is 11.5. The molecule has 22 heavy (non-hydrogen) atoms. The van der Waals surface area contributed by atoms with Crippen LogP contribution in [-0.2, 0) is 9.84 Å². The SMILES string of the molecule is CS(=O)(=O)c1ccc(NN=C2CC3CC2C2CCCC32)cc1. The molecule has 3 aliphatic rings. The highest BCUT2D eigenvalue weighted by molar-refractivity contribution is 7.90. The molecular weight excluding hydrogens is 296 g/mol. The van der Waals surface area contributed by atoms with Gasteiger partial charge >= 0.3 is 0 Å². The van der Waals surface area contributed by atoms with Gasteiger partial charge in [0.15, 0.2) is 9.84 Å². The van der Waals surface area contributed by atoms with Gasteiger partial charge in [0.1, 0.15) is 0 Å². The van der Waals surface area contributed by atoms with Gasteiger partial charge in [0, 0.05) is 17.9 Å². The van der Waals surface area contributed by atoms with E-state index in [9.17, 15) is 8.42 Å². The molecule has 1 aromatic carbocycles. The number of hydrogen-bond donors (Lipinski definition) is 1. The molecular formula is C17H22N2O2S. The molecule has 3 fully saturated rings. The Morgan fingerprint density at radius 2 is 1.86 bits per heavy atom. The molecule has 4 unspecified atom stereocenters. The standard InChI is InChI=1S/C17H22N2O2S/c1-22(20,21)13-7-5-12(6-8-13)18-19-17-10-11-9-16(17)15-4-2-3-14(11)15/h5-8,11,14-16,18H,2-4,9-10H2,1H3. The number of anilines is 1. The van der Waals surface area contributed by atoms with Gasteiger partial charge in [0.05, 0.1) is 10.6 Å². The van der Waals surface area contributed by atoms with Crippen molar-refractivity contribution >= 4 is 21.2 Å². The molecule has 0 spiro atoms. The van der Waals surface area contributed by atoms with Crippen LogP contribution in [-0.4, -0.2) is 20.4 Å². The molecule has 0 amide bonds. The highest BCUT2D eigenvalue weighted by Crippen LogP contribution is 2.57. The van der Waals surface area contributed by atoms with Crippen molar-refractivity contribution in [3.05, 3.63) is 24.3 Å². The van der Waals surface area contributed by atoms with Gasteiger partial charge in [-0.1, -0.05) is 6.42 Å². The zero-order valence-electron chi connectivity index (χ0n) is 12.8. The average molecular weight is 318 g/mol. The first-order valence-electron chi connectivity index (χ1n) is 8.15. The zero-order chi connectivity index (χ0) is 15.3. The van der Waals surface area contributed by atoms with E-state index in [2.05, 4.69) is 10.5 Å². The highest BCUT2D eigenvalue weighted by atomic mass is 32.2. The monoisotopic (exact) mass is 318 g/mol. The summed E-state index contributed by atoms with van der Waals surface area (Å²) in [4.78, 5) is 0.347. The van der Waals surface area contributed by atoms with Gasteiger partial charge < -0.3 is 0 Å². The van der Waals surface area contributed by atoms with Crippen LogP contribution in [0.4, 0.5) is 5.69 Å². The molecule has 0 radical (unpaired) electrons. The second-order valence-corrected chi connectivity index (χ2v) is 9.09. The van der Waals surface area contributed by atoms with Crippen LogP contribution in [0.25, 0.3) is 0 Å². The second-order valence-electron chi connectivity index (χ2n) is 7.08. The predicted molar refractivity (Wildman–Crippen MR) is 87.7 cm³/mol. The minimum absolute atomic E-state index is 0.347. The van der Waals surface area contributed by atoms with E-state index >= 15 is 0 Å². The Kier molecular flexibility index (Phi) is 3.29. The van der Waals surface area contributed by atoms with E-state index in [4.69, 9.17) is 0 Å². The summed E-state index contributed by atoms with van der Waals surface area (Å²) in [6, 6.07) is 6.83. The van der Waals surface area contributed by atoms with Crippen molar-refractivity contribution in [2.45, 2.75) is 37.0 Å². The Balaban J connectivity index is 1.47. The summed E-state index contributed by atoms with van der Waals surface area (Å²) in [5.41, 5.74) is 5.31. The normalized spacial score (nSPS) is 35.0. The van der Waals surface area contributed by atoms with Crippen molar-refractivity contribution < 1.29 is 8.42 Å². The Labute approximate surface area is 131 Å². The molecule has 3 saturated carbocycles. The summed E-state index contributed by atoms with van der Waals surface area (Å²) in [6.45, 7) is 0. The Morgan fingerprint density at radius 3 is 2.59 bits per heavy atom. The van der Waals surface area contributed by atoms with Gasteiger partial charge in [0.25, 0.3) is 0 Å². The molecule has 0 aliphatic heterocycles. The van der Waals surface area contributed by atoms with Crippen molar-refractivity contribution in [1.82, 2.24) is 0 Å².